The van der Waals surface area contributed by atoms with E-state index in [4.69, 9.17) is 5.73 Å². The number of likely N-dealkylation sites (N-methyl/N-ethyl adjacent to an activating group) is 1. The van der Waals surface area contributed by atoms with Gasteiger partial charge in [0, 0.05) is 36.2 Å². The Labute approximate surface area is 232 Å². The third-order valence-electron chi connectivity index (χ3n) is 8.52. The highest BCUT2D eigenvalue weighted by Crippen LogP contribution is 2.53. The Balaban J connectivity index is 1.57. The first-order valence-electron chi connectivity index (χ1n) is 13.0. The van der Waals surface area contributed by atoms with Crippen LogP contribution in [0.3, 0.4) is 0 Å². The lowest BCUT2D eigenvalue weighted by Crippen LogP contribution is -2.65. The fourth-order valence-electron chi connectivity index (χ4n) is 6.68. The molecular formula is C27H30F2N4O8. The van der Waals surface area contributed by atoms with Crippen LogP contribution in [0.25, 0.3) is 5.76 Å². The number of fused-ring (bicyclic) bond motifs is 3. The largest absolute Gasteiger partial charge is 0.508 e. The van der Waals surface area contributed by atoms with Crippen LogP contribution in [0.5, 0.6) is 5.75 Å². The number of phenolic OH excluding ortho intramolecular Hbond substituents is 1. The number of hydrogen-bond acceptors (Lipinski definition) is 10. The molecule has 5 rings (SSSR count). The number of rotatable bonds is 5. The smallest absolute Gasteiger partial charge is 0.255 e. The molecule has 41 heavy (non-hydrogen) atoms. The number of halogens is 2. The molecule has 2 fully saturated rings. The van der Waals surface area contributed by atoms with E-state index >= 15 is 4.39 Å². The molecule has 14 heteroatoms. The van der Waals surface area contributed by atoms with E-state index in [9.17, 15) is 44.0 Å². The predicted molar refractivity (Wildman–Crippen MR) is 139 cm³/mol. The van der Waals surface area contributed by atoms with E-state index in [0.717, 1.165) is 6.07 Å². The maximum Gasteiger partial charge on any atom is 0.255 e. The van der Waals surface area contributed by atoms with Crippen molar-refractivity contribution in [3.63, 3.8) is 0 Å². The van der Waals surface area contributed by atoms with Gasteiger partial charge in [-0.1, -0.05) is 0 Å². The zero-order valence-corrected chi connectivity index (χ0v) is 22.3. The van der Waals surface area contributed by atoms with E-state index < -0.39 is 98.5 Å². The zero-order chi connectivity index (χ0) is 30.1. The number of primary amides is 1. The summed E-state index contributed by atoms with van der Waals surface area (Å²) in [5, 5.41) is 47.0. The molecule has 7 N–H and O–H groups in total. The number of nitrogens with two attached hydrogens (primary N) is 1. The quantitative estimate of drug-likeness (QED) is 0.207. The van der Waals surface area contributed by atoms with Crippen molar-refractivity contribution in [3.05, 3.63) is 39.9 Å². The predicted octanol–water partition coefficient (Wildman–Crippen LogP) is 0.0854. The van der Waals surface area contributed by atoms with Crippen molar-refractivity contribution >= 4 is 34.8 Å². The summed E-state index contributed by atoms with van der Waals surface area (Å²) < 4.78 is 28.8. The average Bonchev–Trinajstić information content (AvgIpc) is 3.28. The second-order valence-corrected chi connectivity index (χ2v) is 11.2. The van der Waals surface area contributed by atoms with E-state index in [-0.39, 0.29) is 37.9 Å². The van der Waals surface area contributed by atoms with Gasteiger partial charge in [0.15, 0.2) is 17.1 Å². The molecule has 12 nitrogen and oxygen atoms in total. The monoisotopic (exact) mass is 576 g/mol. The van der Waals surface area contributed by atoms with Crippen molar-refractivity contribution < 1.29 is 48.4 Å². The lowest BCUT2D eigenvalue weighted by molar-refractivity contribution is -0.153. The van der Waals surface area contributed by atoms with Crippen molar-refractivity contribution in [3.8, 4) is 5.75 Å². The van der Waals surface area contributed by atoms with Gasteiger partial charge in [0.2, 0.25) is 11.7 Å². The third-order valence-corrected chi connectivity index (χ3v) is 8.52. The minimum atomic E-state index is -2.82. The Morgan fingerprint density at radius 2 is 1.93 bits per heavy atom. The number of ketones is 2. The maximum atomic E-state index is 15.4. The van der Waals surface area contributed by atoms with Crippen molar-refractivity contribution in [1.29, 1.82) is 0 Å². The summed E-state index contributed by atoms with van der Waals surface area (Å²) in [6, 6.07) is -0.389. The van der Waals surface area contributed by atoms with Gasteiger partial charge in [-0.05, 0) is 39.3 Å². The Bertz CT molecular complexity index is 1460. The topological polar surface area (TPSA) is 194 Å². The zero-order valence-electron chi connectivity index (χ0n) is 22.3. The molecule has 1 aromatic rings. The molecule has 1 aliphatic heterocycles. The number of nitrogens with one attached hydrogen (secondary N) is 1. The highest BCUT2D eigenvalue weighted by Gasteiger charge is 2.64. The summed E-state index contributed by atoms with van der Waals surface area (Å²) >= 11 is 0. The van der Waals surface area contributed by atoms with Crippen LogP contribution in [0.1, 0.15) is 24.0 Å². The van der Waals surface area contributed by atoms with Crippen LogP contribution >= 0.6 is 0 Å². The van der Waals surface area contributed by atoms with E-state index in [0.29, 0.717) is 6.54 Å². The summed E-state index contributed by atoms with van der Waals surface area (Å²) in [6.07, 6.45) is -1.21. The summed E-state index contributed by atoms with van der Waals surface area (Å²) in [5.41, 5.74) is 0.0428. The molecule has 1 saturated heterocycles. The van der Waals surface area contributed by atoms with Crippen LogP contribution in [0.15, 0.2) is 23.0 Å². The molecule has 4 aliphatic rings. The molecule has 1 heterocycles. The van der Waals surface area contributed by atoms with Crippen LogP contribution in [0.4, 0.5) is 14.5 Å². The summed E-state index contributed by atoms with van der Waals surface area (Å²) in [7, 11) is 2.95. The highest BCUT2D eigenvalue weighted by atomic mass is 19.1. The Kier molecular flexibility index (Phi) is 6.91. The summed E-state index contributed by atoms with van der Waals surface area (Å²) in [4.78, 5) is 54.4. The van der Waals surface area contributed by atoms with E-state index in [2.05, 4.69) is 5.32 Å². The number of benzene rings is 1. The Hall–Kier alpha value is -3.88. The van der Waals surface area contributed by atoms with Crippen molar-refractivity contribution in [2.75, 3.05) is 39.0 Å². The van der Waals surface area contributed by atoms with Gasteiger partial charge in [-0.3, -0.25) is 29.0 Å². The van der Waals surface area contributed by atoms with Crippen LogP contribution in [0, 0.1) is 17.7 Å². The minimum absolute atomic E-state index is 0.0529. The number of aliphatic hydroxyl groups is 3. The highest BCUT2D eigenvalue weighted by molar-refractivity contribution is 6.24. The number of phenols is 1. The first-order chi connectivity index (χ1) is 19.2. The number of Topliss-reactive ketones (excluding diaryl/α,β-unsaturated/α-hetero) is 2. The van der Waals surface area contributed by atoms with Gasteiger partial charge >= 0.3 is 0 Å². The van der Waals surface area contributed by atoms with Gasteiger partial charge in [0.05, 0.1) is 23.8 Å². The second kappa shape index (κ2) is 9.89. The standard InChI is InChI=1S/C27H30F2N4O8/c1-32(2)20-13-6-10-5-12-14(29)7-15(31-16(34)9-33-4-3-11(28)8-33)21(35)18(12)22(36)17(10)24(38)27(13,41)25(39)19(23(20)37)26(30)40/h7,10-11,13,20,35-36,39,41H,3-6,8-9H2,1-2H3,(H2,30,40)(H,31,34)/t10-,11-,13-,20-,27-/m0/s1. The van der Waals surface area contributed by atoms with Crippen LogP contribution < -0.4 is 11.1 Å². The summed E-state index contributed by atoms with van der Waals surface area (Å²) in [6.45, 7) is 0.176. The molecule has 220 valence electrons. The number of nitrogens with zero attached hydrogens (tertiary/aromatic N) is 2. The van der Waals surface area contributed by atoms with Gasteiger partial charge in [-0.2, -0.15) is 0 Å². The van der Waals surface area contributed by atoms with Gasteiger partial charge in [-0.25, -0.2) is 8.78 Å². The molecule has 0 spiro atoms. The number of aliphatic hydroxyl groups excluding tert-OH is 2. The number of likely N-dealkylation sites (tertiary alicyclic amines) is 1. The maximum absolute atomic E-state index is 15.4. The lowest BCUT2D eigenvalue weighted by atomic mass is 9.57. The molecule has 1 aromatic carbocycles. The van der Waals surface area contributed by atoms with Crippen molar-refractivity contribution in [2.24, 2.45) is 17.6 Å². The van der Waals surface area contributed by atoms with E-state index in [1.807, 2.05) is 0 Å². The number of aromatic hydroxyl groups is 1. The molecule has 0 unspecified atom stereocenters. The van der Waals surface area contributed by atoms with Crippen LogP contribution in [-0.2, 0) is 25.6 Å². The average molecular weight is 577 g/mol. The van der Waals surface area contributed by atoms with Crippen LogP contribution in [0.2, 0.25) is 0 Å². The molecule has 0 aromatic heterocycles. The molecule has 0 radical (unpaired) electrons. The SMILES string of the molecule is CN(C)[C@@H]1C(=O)C(C(N)=O)=C(O)[C@@]2(O)C(=O)C3=C(O)c4c(O)c(NC(=O)CN5CC[C@H](F)C5)cc(F)c4C[C@H]3C[C@@H]12. The lowest BCUT2D eigenvalue weighted by Gasteiger charge is -2.50. The van der Waals surface area contributed by atoms with Gasteiger partial charge < -0.3 is 31.5 Å². The summed E-state index contributed by atoms with van der Waals surface area (Å²) in [5.74, 6) is -10.1. The number of carbonyl (C=O) groups is 4. The number of amides is 2. The molecule has 2 amide bonds. The van der Waals surface area contributed by atoms with E-state index in [1.165, 1.54) is 19.0 Å². The minimum Gasteiger partial charge on any atom is -0.508 e. The number of hydrogen-bond donors (Lipinski definition) is 6. The molecule has 0 bridgehead atoms. The first-order valence-corrected chi connectivity index (χ1v) is 13.0. The second-order valence-electron chi connectivity index (χ2n) is 11.2. The Morgan fingerprint density at radius 3 is 2.51 bits per heavy atom. The van der Waals surface area contributed by atoms with Gasteiger partial charge in [-0.15, -0.1) is 0 Å². The number of anilines is 1. The first kappa shape index (κ1) is 28.6. The number of carbonyl (C=O) groups excluding carboxylic acids is 4. The normalized spacial score (nSPS) is 29.9. The van der Waals surface area contributed by atoms with Crippen molar-refractivity contribution in [1.82, 2.24) is 9.80 Å². The number of alkyl halides is 1. The fraction of sp³-hybridized carbons (Fsp3) is 0.481. The van der Waals surface area contributed by atoms with Gasteiger partial charge in [0.1, 0.15) is 29.1 Å². The molecule has 5 atom stereocenters. The van der Waals surface area contributed by atoms with Crippen molar-refractivity contribution in [2.45, 2.75) is 37.1 Å². The van der Waals surface area contributed by atoms with E-state index in [1.54, 1.807) is 4.90 Å². The molecular weight excluding hydrogens is 546 g/mol. The fourth-order valence-corrected chi connectivity index (χ4v) is 6.68. The third kappa shape index (κ3) is 4.28. The molecule has 3 aliphatic carbocycles. The van der Waals surface area contributed by atoms with Crippen LogP contribution in [-0.4, -0.2) is 105 Å². The molecule has 1 saturated carbocycles. The van der Waals surface area contributed by atoms with Gasteiger partial charge in [0.25, 0.3) is 5.91 Å². The Morgan fingerprint density at radius 1 is 1.24 bits per heavy atom.